The van der Waals surface area contributed by atoms with Gasteiger partial charge in [0.1, 0.15) is 0 Å². The van der Waals surface area contributed by atoms with Gasteiger partial charge >= 0.3 is 0 Å². The third kappa shape index (κ3) is 4.28. The molecular formula is C54H32B2N4S2. The first-order valence-corrected chi connectivity index (χ1v) is 23.1. The molecule has 8 heteroatoms. The molecule has 0 spiro atoms. The van der Waals surface area contributed by atoms with Gasteiger partial charge < -0.3 is 18.9 Å². The lowest BCUT2D eigenvalue weighted by Gasteiger charge is -2.41. The quantitative estimate of drug-likeness (QED) is 0.161. The van der Waals surface area contributed by atoms with Crippen LogP contribution in [0, 0.1) is 0 Å². The smallest absolute Gasteiger partial charge is 0.287 e. The summed E-state index contributed by atoms with van der Waals surface area (Å²) in [4.78, 5) is 7.68. The van der Waals surface area contributed by atoms with Gasteiger partial charge in [0.05, 0.1) is 33.4 Å². The monoisotopic (exact) mass is 822 g/mol. The maximum Gasteiger partial charge on any atom is 0.287 e. The summed E-state index contributed by atoms with van der Waals surface area (Å²) >= 11 is 4.01. The fraction of sp³-hybridized carbons (Fsp3) is 0. The van der Waals surface area contributed by atoms with Crippen LogP contribution in [0.2, 0.25) is 0 Å². The van der Waals surface area contributed by atoms with Crippen LogP contribution in [0.1, 0.15) is 0 Å². The summed E-state index contributed by atoms with van der Waals surface area (Å²) in [6.45, 7) is 0. The molecule has 0 amide bonds. The number of rotatable bonds is 2. The van der Waals surface area contributed by atoms with Crippen LogP contribution in [0.25, 0.3) is 55.0 Å². The Bertz CT molecular complexity index is 3510. The van der Waals surface area contributed by atoms with Crippen LogP contribution in [0.4, 0.5) is 34.1 Å². The molecule has 0 saturated heterocycles. The van der Waals surface area contributed by atoms with Crippen molar-refractivity contribution in [1.82, 2.24) is 9.13 Å². The van der Waals surface area contributed by atoms with Crippen molar-refractivity contribution < 1.29 is 0 Å². The van der Waals surface area contributed by atoms with Gasteiger partial charge in [0.25, 0.3) is 12.0 Å². The first-order chi connectivity index (χ1) is 30.8. The highest BCUT2D eigenvalue weighted by Crippen LogP contribution is 2.50. The molecule has 11 aromatic rings. The lowest BCUT2D eigenvalue weighted by Crippen LogP contribution is -2.54. The van der Waals surface area contributed by atoms with Crippen LogP contribution in [-0.4, -0.2) is 21.1 Å². The van der Waals surface area contributed by atoms with Gasteiger partial charge in [0.2, 0.25) is 0 Å². The largest absolute Gasteiger partial charge is 0.311 e. The highest BCUT2D eigenvalue weighted by Gasteiger charge is 2.45. The normalized spacial score (nSPS) is 14.2. The molecule has 62 heavy (non-hydrogen) atoms. The SMILES string of the molecule is c1ccc(N2c3cc4c(cc3B3Sc5ccccc5-n5c6ccccc6c6ccc2c3c65)B2Sc3ccccc3-n3c5ccccc5c5ccc(c2c53)N4c2ccccc2)cc1. The Kier molecular flexibility index (Phi) is 6.69. The van der Waals surface area contributed by atoms with Crippen molar-refractivity contribution in [3.05, 3.63) is 194 Å². The summed E-state index contributed by atoms with van der Waals surface area (Å²) in [5, 5.41) is 5.17. The molecule has 2 aromatic heterocycles. The number of anilines is 6. The van der Waals surface area contributed by atoms with Crippen LogP contribution in [0.5, 0.6) is 0 Å². The Morgan fingerprint density at radius 2 is 0.742 bits per heavy atom. The molecule has 6 heterocycles. The van der Waals surface area contributed by atoms with Crippen molar-refractivity contribution in [2.45, 2.75) is 9.79 Å². The van der Waals surface area contributed by atoms with Crippen LogP contribution in [0.15, 0.2) is 204 Å². The van der Waals surface area contributed by atoms with E-state index in [0.29, 0.717) is 0 Å². The summed E-state index contributed by atoms with van der Waals surface area (Å²) in [5.74, 6) is 0.0788. The Morgan fingerprint density at radius 3 is 1.23 bits per heavy atom. The highest BCUT2D eigenvalue weighted by atomic mass is 32.2. The molecule has 9 aromatic carbocycles. The van der Waals surface area contributed by atoms with E-state index in [1.807, 2.05) is 23.2 Å². The Hall–Kier alpha value is -6.99. The van der Waals surface area contributed by atoms with Crippen molar-refractivity contribution in [3.63, 3.8) is 0 Å². The number of para-hydroxylation sites is 6. The first-order valence-electron chi connectivity index (χ1n) is 21.3. The third-order valence-electron chi connectivity index (χ3n) is 13.7. The van der Waals surface area contributed by atoms with Gasteiger partial charge in [-0.2, -0.15) is 23.2 Å². The van der Waals surface area contributed by atoms with Crippen molar-refractivity contribution in [1.29, 1.82) is 0 Å². The molecule has 0 fully saturated rings. The molecule has 0 N–H and O–H groups in total. The molecule has 4 aliphatic rings. The number of benzene rings is 9. The molecule has 0 bridgehead atoms. The number of nitrogens with zero attached hydrogens (tertiary/aromatic N) is 4. The Morgan fingerprint density at radius 1 is 0.323 bits per heavy atom. The van der Waals surface area contributed by atoms with Crippen LogP contribution < -0.4 is 31.7 Å². The summed E-state index contributed by atoms with van der Waals surface area (Å²) in [7, 11) is 0. The minimum Gasteiger partial charge on any atom is -0.311 e. The number of hydrogen-bond acceptors (Lipinski definition) is 4. The summed E-state index contributed by atoms with van der Waals surface area (Å²) in [6, 6.07) is 72.7. The molecule has 0 radical (unpaired) electrons. The zero-order valence-corrected chi connectivity index (χ0v) is 34.9. The molecule has 4 aliphatic heterocycles. The van der Waals surface area contributed by atoms with Gasteiger partial charge in [0.15, 0.2) is 0 Å². The zero-order chi connectivity index (χ0) is 40.2. The number of hydrogen-bond donors (Lipinski definition) is 0. The molecule has 4 nitrogen and oxygen atoms in total. The second-order valence-corrected chi connectivity index (χ2v) is 19.0. The minimum absolute atomic E-state index is 0.0394. The van der Waals surface area contributed by atoms with E-state index in [-0.39, 0.29) is 12.0 Å². The van der Waals surface area contributed by atoms with Gasteiger partial charge in [0, 0.05) is 65.5 Å². The molecule has 0 atom stereocenters. The highest BCUT2D eigenvalue weighted by molar-refractivity contribution is 8.28. The van der Waals surface area contributed by atoms with Crippen molar-refractivity contribution >= 4 is 135 Å². The standard InChI is InChI=1S/C54H32B2N4S2/c1-3-15-33(16-4-1)57-45-29-27-37-35-19-7-9-21-41(35)59-43-23-11-13-25-49(43)61-55(51(45)53(37)59)39-31-40-48(32-47(39)57)58(34-17-5-2-6-18-34)46-30-28-38-36-20-8-10-22-42(36)60-44-24-12-14-26-50(44)62-56(40)52(46)54(38)60/h1-32H. The first kappa shape index (κ1) is 33.7. The van der Waals surface area contributed by atoms with E-state index in [9.17, 15) is 0 Å². The minimum atomic E-state index is 0.0394. The average Bonchev–Trinajstić information content (AvgIpc) is 3.72. The lowest BCUT2D eigenvalue weighted by atomic mass is 9.52. The van der Waals surface area contributed by atoms with Gasteiger partial charge in [-0.05, 0) is 101 Å². The average molecular weight is 823 g/mol. The third-order valence-corrected chi connectivity index (χ3v) is 16.3. The van der Waals surface area contributed by atoms with Gasteiger partial charge in [-0.25, -0.2) is 0 Å². The van der Waals surface area contributed by atoms with E-state index >= 15 is 0 Å². The Labute approximate surface area is 367 Å². The molecule has 0 saturated carbocycles. The summed E-state index contributed by atoms with van der Waals surface area (Å²) in [6.07, 6.45) is 0. The molecule has 286 valence electrons. The van der Waals surface area contributed by atoms with Gasteiger partial charge in [-0.1, -0.05) is 115 Å². The van der Waals surface area contributed by atoms with Crippen LogP contribution >= 0.6 is 23.2 Å². The topological polar surface area (TPSA) is 16.3 Å². The van der Waals surface area contributed by atoms with E-state index in [4.69, 9.17) is 0 Å². The molecule has 0 unspecified atom stereocenters. The van der Waals surface area contributed by atoms with Crippen molar-refractivity contribution in [3.8, 4) is 11.4 Å². The molecule has 15 rings (SSSR count). The maximum absolute atomic E-state index is 2.62. The van der Waals surface area contributed by atoms with Crippen LogP contribution in [0.3, 0.4) is 0 Å². The van der Waals surface area contributed by atoms with E-state index in [2.05, 4.69) is 213 Å². The zero-order valence-electron chi connectivity index (χ0n) is 33.2. The van der Waals surface area contributed by atoms with Crippen molar-refractivity contribution in [2.75, 3.05) is 9.80 Å². The van der Waals surface area contributed by atoms with E-state index < -0.39 is 0 Å². The molecular weight excluding hydrogens is 790 g/mol. The Balaban J connectivity index is 1.09. The molecule has 0 aliphatic carbocycles. The van der Waals surface area contributed by atoms with Gasteiger partial charge in [-0.15, -0.1) is 0 Å². The van der Waals surface area contributed by atoms with E-state index in [0.717, 1.165) is 11.4 Å². The van der Waals surface area contributed by atoms with E-state index in [1.165, 1.54) is 109 Å². The van der Waals surface area contributed by atoms with Crippen LogP contribution in [-0.2, 0) is 0 Å². The second-order valence-electron chi connectivity index (χ2n) is 16.7. The van der Waals surface area contributed by atoms with E-state index in [1.54, 1.807) is 0 Å². The maximum atomic E-state index is 2.62. The summed E-state index contributed by atoms with van der Waals surface area (Å²) in [5.41, 5.74) is 20.2. The summed E-state index contributed by atoms with van der Waals surface area (Å²) < 4.78 is 5.11. The second kappa shape index (κ2) is 12.3. The number of fused-ring (bicyclic) bond motifs is 14. The predicted molar refractivity (Wildman–Crippen MR) is 266 cm³/mol. The van der Waals surface area contributed by atoms with Gasteiger partial charge in [-0.3, -0.25) is 0 Å². The lowest BCUT2D eigenvalue weighted by molar-refractivity contribution is 1.13. The fourth-order valence-electron chi connectivity index (χ4n) is 11.2. The predicted octanol–water partition coefficient (Wildman–Crippen LogP) is 11.9. The van der Waals surface area contributed by atoms with Crippen molar-refractivity contribution in [2.24, 2.45) is 0 Å². The number of aromatic nitrogens is 2. The fourth-order valence-corrected chi connectivity index (χ4v) is 13.9.